The predicted molar refractivity (Wildman–Crippen MR) is 78.7 cm³/mol. The Bertz CT molecular complexity index is 356. The monoisotopic (exact) mass is 302 g/mol. The molecule has 0 heterocycles. The smallest absolute Gasteiger partial charge is 0.326 e. The van der Waals surface area contributed by atoms with Crippen molar-refractivity contribution in [3.05, 3.63) is 0 Å². The summed E-state index contributed by atoms with van der Waals surface area (Å²) in [5, 5.41) is 23.9. The number of nitrogens with one attached hydrogen (secondary N) is 2. The number of aliphatic carboxylic acids is 2. The van der Waals surface area contributed by atoms with E-state index in [1.165, 1.54) is 19.3 Å². The van der Waals surface area contributed by atoms with Crippen molar-refractivity contribution in [1.82, 2.24) is 10.6 Å². The highest BCUT2D eigenvalue weighted by Gasteiger charge is 2.20. The van der Waals surface area contributed by atoms with Crippen molar-refractivity contribution in [2.75, 3.05) is 0 Å². The highest BCUT2D eigenvalue weighted by atomic mass is 32.1. The summed E-state index contributed by atoms with van der Waals surface area (Å²) >= 11 is 5.13. The molecule has 0 spiro atoms. The number of hydrogen-bond acceptors (Lipinski definition) is 3. The molecule has 20 heavy (non-hydrogen) atoms. The van der Waals surface area contributed by atoms with Crippen molar-refractivity contribution in [2.24, 2.45) is 0 Å². The molecular weight excluding hydrogens is 280 g/mol. The van der Waals surface area contributed by atoms with E-state index in [0.29, 0.717) is 17.6 Å². The van der Waals surface area contributed by atoms with Gasteiger partial charge in [-0.05, 0) is 37.9 Å². The van der Waals surface area contributed by atoms with Gasteiger partial charge in [-0.15, -0.1) is 0 Å². The molecule has 7 heteroatoms. The summed E-state index contributed by atoms with van der Waals surface area (Å²) in [5.41, 5.74) is 0. The molecule has 0 aliphatic heterocycles. The van der Waals surface area contributed by atoms with Gasteiger partial charge < -0.3 is 20.8 Å². The summed E-state index contributed by atoms with van der Waals surface area (Å²) in [6.45, 7) is 0. The Kier molecular flexibility index (Phi) is 7.28. The third-order valence-electron chi connectivity index (χ3n) is 3.43. The first-order valence-electron chi connectivity index (χ1n) is 7.00. The van der Waals surface area contributed by atoms with Crippen molar-refractivity contribution in [3.8, 4) is 0 Å². The van der Waals surface area contributed by atoms with Crippen molar-refractivity contribution in [3.63, 3.8) is 0 Å². The van der Waals surface area contributed by atoms with Crippen molar-refractivity contribution in [1.29, 1.82) is 0 Å². The Morgan fingerprint density at radius 1 is 1.20 bits per heavy atom. The molecule has 1 unspecified atom stereocenters. The first-order chi connectivity index (χ1) is 9.49. The predicted octanol–water partition coefficient (Wildman–Crippen LogP) is 1.49. The van der Waals surface area contributed by atoms with E-state index in [2.05, 4.69) is 10.6 Å². The first kappa shape index (κ1) is 16.7. The van der Waals surface area contributed by atoms with E-state index in [4.69, 9.17) is 22.4 Å². The summed E-state index contributed by atoms with van der Waals surface area (Å²) in [6.07, 6.45) is 6.21. The lowest BCUT2D eigenvalue weighted by molar-refractivity contribution is -0.140. The van der Waals surface area contributed by atoms with Crippen LogP contribution in [-0.2, 0) is 9.59 Å². The van der Waals surface area contributed by atoms with Crippen LogP contribution in [0.3, 0.4) is 0 Å². The highest BCUT2D eigenvalue weighted by molar-refractivity contribution is 7.80. The number of carbonyl (C=O) groups is 2. The Hall–Kier alpha value is -1.37. The number of carboxylic acids is 2. The molecule has 0 radical (unpaired) electrons. The second-order valence-electron chi connectivity index (χ2n) is 5.13. The summed E-state index contributed by atoms with van der Waals surface area (Å²) < 4.78 is 0. The molecule has 0 aromatic heterocycles. The second kappa shape index (κ2) is 8.73. The zero-order chi connectivity index (χ0) is 15.0. The maximum absolute atomic E-state index is 11.1. The molecular formula is C13H22N2O4S. The number of hydrogen-bond donors (Lipinski definition) is 4. The molecule has 1 rings (SSSR count). The molecule has 0 amide bonds. The maximum atomic E-state index is 11.1. The van der Waals surface area contributed by atoms with Crippen LogP contribution < -0.4 is 10.6 Å². The summed E-state index contributed by atoms with van der Waals surface area (Å²) in [4.78, 5) is 21.5. The lowest BCUT2D eigenvalue weighted by Gasteiger charge is -2.25. The summed E-state index contributed by atoms with van der Waals surface area (Å²) in [6, 6.07) is -0.518. The summed E-state index contributed by atoms with van der Waals surface area (Å²) in [7, 11) is 0. The van der Waals surface area contributed by atoms with E-state index in [0.717, 1.165) is 12.8 Å². The zero-order valence-electron chi connectivity index (χ0n) is 11.4. The number of thiocarbonyl (C=S) groups is 1. The first-order valence-corrected chi connectivity index (χ1v) is 7.41. The lowest BCUT2D eigenvalue weighted by atomic mass is 9.96. The maximum Gasteiger partial charge on any atom is 0.326 e. The van der Waals surface area contributed by atoms with E-state index in [-0.39, 0.29) is 12.8 Å². The van der Waals surface area contributed by atoms with Gasteiger partial charge >= 0.3 is 11.9 Å². The van der Waals surface area contributed by atoms with Crippen LogP contribution in [-0.4, -0.2) is 39.3 Å². The Morgan fingerprint density at radius 2 is 1.85 bits per heavy atom. The summed E-state index contributed by atoms with van der Waals surface area (Å²) in [5.74, 6) is -1.93. The molecule has 0 aromatic carbocycles. The van der Waals surface area contributed by atoms with Crippen molar-refractivity contribution in [2.45, 2.75) is 63.5 Å². The van der Waals surface area contributed by atoms with Gasteiger partial charge in [0.25, 0.3) is 0 Å². The molecule has 1 fully saturated rings. The van der Waals surface area contributed by atoms with Crippen LogP contribution in [0.5, 0.6) is 0 Å². The van der Waals surface area contributed by atoms with Crippen LogP contribution in [0.2, 0.25) is 0 Å². The van der Waals surface area contributed by atoms with Gasteiger partial charge in [0.1, 0.15) is 6.04 Å². The minimum Gasteiger partial charge on any atom is -0.481 e. The van der Waals surface area contributed by atoms with Crippen LogP contribution in [0, 0.1) is 0 Å². The molecule has 6 nitrogen and oxygen atoms in total. The van der Waals surface area contributed by atoms with Crippen molar-refractivity contribution < 1.29 is 19.8 Å². The topological polar surface area (TPSA) is 98.7 Å². The third kappa shape index (κ3) is 6.70. The average Bonchev–Trinajstić information content (AvgIpc) is 2.38. The van der Waals surface area contributed by atoms with Crippen LogP contribution in [0.1, 0.15) is 51.4 Å². The Balaban J connectivity index is 2.33. The fourth-order valence-electron chi connectivity index (χ4n) is 2.35. The fraction of sp³-hybridized carbons (Fsp3) is 0.769. The van der Waals surface area contributed by atoms with E-state index in [9.17, 15) is 9.59 Å². The molecule has 1 aliphatic carbocycles. The molecule has 1 aliphatic rings. The van der Waals surface area contributed by atoms with Gasteiger partial charge in [0.15, 0.2) is 5.11 Å². The second-order valence-corrected chi connectivity index (χ2v) is 5.54. The van der Waals surface area contributed by atoms with Gasteiger partial charge in [-0.25, -0.2) is 4.79 Å². The van der Waals surface area contributed by atoms with Crippen LogP contribution in [0.15, 0.2) is 0 Å². The lowest BCUT2D eigenvalue weighted by Crippen LogP contribution is -2.49. The quantitative estimate of drug-likeness (QED) is 0.529. The van der Waals surface area contributed by atoms with Crippen molar-refractivity contribution >= 4 is 29.3 Å². The Labute approximate surface area is 123 Å². The van der Waals surface area contributed by atoms with E-state index < -0.39 is 18.0 Å². The zero-order valence-corrected chi connectivity index (χ0v) is 12.2. The Morgan fingerprint density at radius 3 is 2.40 bits per heavy atom. The van der Waals surface area contributed by atoms with Crippen LogP contribution in [0.25, 0.3) is 0 Å². The highest BCUT2D eigenvalue weighted by Crippen LogP contribution is 2.17. The van der Waals surface area contributed by atoms with Gasteiger partial charge in [-0.1, -0.05) is 19.3 Å². The van der Waals surface area contributed by atoms with Gasteiger partial charge in [0.2, 0.25) is 0 Å². The van der Waals surface area contributed by atoms with Crippen LogP contribution in [0.4, 0.5) is 0 Å². The number of carboxylic acid groups (broad SMARTS) is 2. The molecule has 114 valence electrons. The molecule has 0 aromatic rings. The van der Waals surface area contributed by atoms with E-state index in [1.54, 1.807) is 0 Å². The number of rotatable bonds is 7. The standard InChI is InChI=1S/C13H22N2O4S/c16-11(17)8-4-7-10(12(18)19)15-13(20)14-9-5-2-1-3-6-9/h9-10H,1-8H2,(H,16,17)(H,18,19)(H2,14,15,20). The van der Waals surface area contributed by atoms with Gasteiger partial charge in [0.05, 0.1) is 0 Å². The van der Waals surface area contributed by atoms with Crippen LogP contribution >= 0.6 is 12.2 Å². The molecule has 1 atom stereocenters. The average molecular weight is 302 g/mol. The van der Waals surface area contributed by atoms with Gasteiger partial charge in [-0.3, -0.25) is 4.79 Å². The molecule has 1 saturated carbocycles. The minimum atomic E-state index is -1.01. The minimum absolute atomic E-state index is 0.0335. The van der Waals surface area contributed by atoms with Gasteiger partial charge in [0, 0.05) is 12.5 Å². The molecule has 4 N–H and O–H groups in total. The largest absolute Gasteiger partial charge is 0.481 e. The molecule has 0 saturated heterocycles. The van der Waals surface area contributed by atoms with Gasteiger partial charge in [-0.2, -0.15) is 0 Å². The van der Waals surface area contributed by atoms with E-state index in [1.807, 2.05) is 0 Å². The SMILES string of the molecule is O=C(O)CCCC(NC(=S)NC1CCCCC1)C(=O)O. The molecule has 0 bridgehead atoms. The van der Waals surface area contributed by atoms with E-state index >= 15 is 0 Å². The normalized spacial score (nSPS) is 17.2. The fourth-order valence-corrected chi connectivity index (χ4v) is 2.66. The third-order valence-corrected chi connectivity index (χ3v) is 3.66.